The molecule has 0 aliphatic heterocycles. The molecule has 0 saturated heterocycles. The van der Waals surface area contributed by atoms with Gasteiger partial charge in [-0.05, 0) is 30.9 Å². The molecule has 2 nitrogen and oxygen atoms in total. The van der Waals surface area contributed by atoms with Gasteiger partial charge in [0.2, 0.25) is 0 Å². The number of benzene rings is 1. The first-order valence-corrected chi connectivity index (χ1v) is 7.93. The summed E-state index contributed by atoms with van der Waals surface area (Å²) in [5.41, 5.74) is 1.34. The van der Waals surface area contributed by atoms with Gasteiger partial charge in [-0.2, -0.15) is 0 Å². The Bertz CT molecular complexity index is 652. The third kappa shape index (κ3) is 2.99. The Labute approximate surface area is 129 Å². The maximum Gasteiger partial charge on any atom is 0.263 e. The lowest BCUT2D eigenvalue weighted by molar-refractivity contribution is 0.0947. The minimum absolute atomic E-state index is 0.0883. The van der Waals surface area contributed by atoms with Gasteiger partial charge in [0.15, 0.2) is 0 Å². The zero-order valence-corrected chi connectivity index (χ0v) is 14.1. The van der Waals surface area contributed by atoms with E-state index in [1.54, 1.807) is 0 Å². The van der Waals surface area contributed by atoms with Gasteiger partial charge in [0.05, 0.1) is 5.02 Å². The van der Waals surface area contributed by atoms with Crippen LogP contribution in [0.4, 0.5) is 0 Å². The molecular formula is C16H20ClNOS. The lowest BCUT2D eigenvalue weighted by Crippen LogP contribution is -2.29. The van der Waals surface area contributed by atoms with Crippen molar-refractivity contribution in [3.63, 3.8) is 0 Å². The third-order valence-electron chi connectivity index (χ3n) is 3.12. The zero-order valence-electron chi connectivity index (χ0n) is 12.5. The minimum Gasteiger partial charge on any atom is -0.349 e. The minimum atomic E-state index is -0.0940. The molecule has 2 aromatic rings. The van der Waals surface area contributed by atoms with Gasteiger partial charge >= 0.3 is 0 Å². The van der Waals surface area contributed by atoms with E-state index < -0.39 is 0 Å². The molecule has 1 heterocycles. The maximum absolute atomic E-state index is 12.1. The number of carbonyl (C=O) groups is 1. The SMILES string of the molecule is CC(C)NC(=O)c1sc2cc(C(C)(C)C)ccc2c1Cl. The standard InChI is InChI=1S/C16H20ClNOS/c1-9(2)18-15(19)14-13(17)11-7-6-10(16(3,4)5)8-12(11)20-14/h6-9H,1-5H3,(H,18,19). The molecule has 0 fully saturated rings. The first-order valence-electron chi connectivity index (χ1n) is 6.73. The van der Waals surface area contributed by atoms with Crippen LogP contribution in [0.15, 0.2) is 18.2 Å². The molecule has 2 rings (SSSR count). The number of halogens is 1. The molecule has 1 aromatic heterocycles. The summed E-state index contributed by atoms with van der Waals surface area (Å²) in [6.07, 6.45) is 0. The molecule has 1 amide bonds. The molecule has 0 aliphatic carbocycles. The number of fused-ring (bicyclic) bond motifs is 1. The van der Waals surface area contributed by atoms with Gasteiger partial charge in [0, 0.05) is 16.1 Å². The highest BCUT2D eigenvalue weighted by Crippen LogP contribution is 2.37. The van der Waals surface area contributed by atoms with E-state index in [4.69, 9.17) is 11.6 Å². The lowest BCUT2D eigenvalue weighted by atomic mass is 9.87. The van der Waals surface area contributed by atoms with Crippen molar-refractivity contribution in [2.45, 2.75) is 46.1 Å². The van der Waals surface area contributed by atoms with Crippen molar-refractivity contribution in [3.8, 4) is 0 Å². The van der Waals surface area contributed by atoms with Crippen molar-refractivity contribution in [1.29, 1.82) is 0 Å². The van der Waals surface area contributed by atoms with Gasteiger partial charge in [-0.25, -0.2) is 0 Å². The summed E-state index contributed by atoms with van der Waals surface area (Å²) in [6, 6.07) is 6.35. The number of amides is 1. The second-order valence-electron chi connectivity index (χ2n) is 6.33. The van der Waals surface area contributed by atoms with E-state index in [9.17, 15) is 4.79 Å². The Balaban J connectivity index is 2.50. The number of hydrogen-bond donors (Lipinski definition) is 1. The van der Waals surface area contributed by atoms with Crippen molar-refractivity contribution in [3.05, 3.63) is 33.7 Å². The fraction of sp³-hybridized carbons (Fsp3) is 0.438. The average molecular weight is 310 g/mol. The molecule has 108 valence electrons. The highest BCUT2D eigenvalue weighted by atomic mass is 35.5. The van der Waals surface area contributed by atoms with Crippen molar-refractivity contribution in [1.82, 2.24) is 5.32 Å². The first kappa shape index (κ1) is 15.3. The lowest BCUT2D eigenvalue weighted by Gasteiger charge is -2.18. The molecule has 0 bridgehead atoms. The topological polar surface area (TPSA) is 29.1 Å². The summed E-state index contributed by atoms with van der Waals surface area (Å²) in [5, 5.41) is 4.41. The highest BCUT2D eigenvalue weighted by molar-refractivity contribution is 7.21. The van der Waals surface area contributed by atoms with E-state index in [1.165, 1.54) is 16.9 Å². The van der Waals surface area contributed by atoms with E-state index in [2.05, 4.69) is 38.2 Å². The van der Waals surface area contributed by atoms with Crippen LogP contribution < -0.4 is 5.32 Å². The molecule has 20 heavy (non-hydrogen) atoms. The smallest absolute Gasteiger partial charge is 0.263 e. The number of nitrogens with one attached hydrogen (secondary N) is 1. The first-order chi connectivity index (χ1) is 9.20. The molecule has 0 aliphatic rings. The predicted molar refractivity (Wildman–Crippen MR) is 88.1 cm³/mol. The van der Waals surface area contributed by atoms with E-state index in [0.717, 1.165) is 10.1 Å². The van der Waals surface area contributed by atoms with E-state index >= 15 is 0 Å². The van der Waals surface area contributed by atoms with Gasteiger partial charge in [-0.15, -0.1) is 11.3 Å². The van der Waals surface area contributed by atoms with Gasteiger partial charge in [0.1, 0.15) is 4.88 Å². The highest BCUT2D eigenvalue weighted by Gasteiger charge is 2.20. The van der Waals surface area contributed by atoms with E-state index in [-0.39, 0.29) is 17.4 Å². The average Bonchev–Trinajstić information content (AvgIpc) is 2.64. The number of rotatable bonds is 2. The number of hydrogen-bond acceptors (Lipinski definition) is 2. The Morgan fingerprint density at radius 1 is 1.30 bits per heavy atom. The van der Waals surface area contributed by atoms with Gasteiger partial charge in [-0.1, -0.05) is 44.5 Å². The largest absolute Gasteiger partial charge is 0.349 e. The fourth-order valence-corrected chi connectivity index (χ4v) is 3.46. The summed E-state index contributed by atoms with van der Waals surface area (Å²) < 4.78 is 1.07. The van der Waals surface area contributed by atoms with Crippen molar-refractivity contribution in [2.75, 3.05) is 0 Å². The van der Waals surface area contributed by atoms with Gasteiger partial charge in [-0.3, -0.25) is 4.79 Å². The van der Waals surface area contributed by atoms with Crippen LogP contribution in [0.2, 0.25) is 5.02 Å². The van der Waals surface area contributed by atoms with Gasteiger partial charge in [0.25, 0.3) is 5.91 Å². The fourth-order valence-electron chi connectivity index (χ4n) is 2.01. The second kappa shape index (κ2) is 5.38. The van der Waals surface area contributed by atoms with Crippen molar-refractivity contribution >= 4 is 38.9 Å². The maximum atomic E-state index is 12.1. The molecule has 1 aromatic carbocycles. The molecule has 0 atom stereocenters. The summed E-state index contributed by atoms with van der Waals surface area (Å²) in [7, 11) is 0. The van der Waals surface area contributed by atoms with Crippen LogP contribution in [0.3, 0.4) is 0 Å². The third-order valence-corrected chi connectivity index (χ3v) is 4.78. The Kier molecular flexibility index (Phi) is 4.12. The quantitative estimate of drug-likeness (QED) is 0.832. The Morgan fingerprint density at radius 2 is 1.95 bits per heavy atom. The van der Waals surface area contributed by atoms with Crippen LogP contribution in [-0.2, 0) is 5.41 Å². The molecule has 0 radical (unpaired) electrons. The van der Waals surface area contributed by atoms with Gasteiger partial charge < -0.3 is 5.32 Å². The van der Waals surface area contributed by atoms with E-state index in [1.807, 2.05) is 19.9 Å². The van der Waals surface area contributed by atoms with Crippen LogP contribution >= 0.6 is 22.9 Å². The Hall–Kier alpha value is -1.06. The molecule has 0 spiro atoms. The summed E-state index contributed by atoms with van der Waals surface area (Å²) in [4.78, 5) is 12.7. The molecular weight excluding hydrogens is 290 g/mol. The molecule has 1 N–H and O–H groups in total. The normalized spacial score (nSPS) is 12.2. The van der Waals surface area contributed by atoms with E-state index in [0.29, 0.717) is 9.90 Å². The van der Waals surface area contributed by atoms with Crippen LogP contribution in [-0.4, -0.2) is 11.9 Å². The summed E-state index contributed by atoms with van der Waals surface area (Å²) in [6.45, 7) is 10.4. The molecule has 0 saturated carbocycles. The zero-order chi connectivity index (χ0) is 15.1. The van der Waals surface area contributed by atoms with Crippen molar-refractivity contribution in [2.24, 2.45) is 0 Å². The summed E-state index contributed by atoms with van der Waals surface area (Å²) >= 11 is 7.81. The van der Waals surface area contributed by atoms with Crippen molar-refractivity contribution < 1.29 is 4.79 Å². The molecule has 0 unspecified atom stereocenters. The van der Waals surface area contributed by atoms with Crippen LogP contribution in [0.25, 0.3) is 10.1 Å². The Morgan fingerprint density at radius 3 is 2.50 bits per heavy atom. The molecule has 4 heteroatoms. The van der Waals surface area contributed by atoms with Crippen LogP contribution in [0.5, 0.6) is 0 Å². The number of carbonyl (C=O) groups excluding carboxylic acids is 1. The second-order valence-corrected chi connectivity index (χ2v) is 7.76. The number of thiophene rings is 1. The predicted octanol–water partition coefficient (Wildman–Crippen LogP) is 4.99. The monoisotopic (exact) mass is 309 g/mol. The van der Waals surface area contributed by atoms with Crippen LogP contribution in [0.1, 0.15) is 49.9 Å². The summed E-state index contributed by atoms with van der Waals surface area (Å²) in [5.74, 6) is -0.0940. The van der Waals surface area contributed by atoms with Crippen LogP contribution in [0, 0.1) is 0 Å².